The number of carbonyl (C=O) groups excluding carboxylic acids is 1. The molecule has 19 heavy (non-hydrogen) atoms. The van der Waals surface area contributed by atoms with Crippen LogP contribution in [0.4, 0.5) is 5.82 Å². The van der Waals surface area contributed by atoms with Gasteiger partial charge in [-0.15, -0.1) is 0 Å². The molecule has 1 aromatic rings. The van der Waals surface area contributed by atoms with Crippen molar-refractivity contribution in [3.63, 3.8) is 0 Å². The van der Waals surface area contributed by atoms with E-state index in [1.54, 1.807) is 6.20 Å². The van der Waals surface area contributed by atoms with Gasteiger partial charge in [-0.3, -0.25) is 4.79 Å². The molecule has 1 aromatic heterocycles. The van der Waals surface area contributed by atoms with Gasteiger partial charge in [-0.25, -0.2) is 4.98 Å². The van der Waals surface area contributed by atoms with Crippen molar-refractivity contribution < 1.29 is 9.53 Å². The zero-order valence-corrected chi connectivity index (χ0v) is 11.4. The molecule has 0 radical (unpaired) electrons. The van der Waals surface area contributed by atoms with Gasteiger partial charge in [-0.1, -0.05) is 6.42 Å². The van der Waals surface area contributed by atoms with Crippen LogP contribution in [-0.2, 0) is 9.53 Å². The smallest absolute Gasteiger partial charge is 0.305 e. The number of unbranched alkanes of at least 4 members (excludes halogenated alkanes) is 2. The molecule has 0 aliphatic heterocycles. The number of ether oxygens (including phenoxy) is 1. The molecule has 0 spiro atoms. The number of anilines is 1. The number of methoxy groups -OCH3 is 1. The summed E-state index contributed by atoms with van der Waals surface area (Å²) in [5.41, 5.74) is 1.52. The molecule has 1 N–H and O–H groups in total. The van der Waals surface area contributed by atoms with Gasteiger partial charge in [0.05, 0.1) is 12.7 Å². The summed E-state index contributed by atoms with van der Waals surface area (Å²) in [6.07, 6.45) is 4.84. The van der Waals surface area contributed by atoms with E-state index in [1.165, 1.54) is 7.11 Å². The molecule has 0 atom stereocenters. The highest BCUT2D eigenvalue weighted by molar-refractivity contribution is 5.68. The zero-order valence-electron chi connectivity index (χ0n) is 11.4. The quantitative estimate of drug-likeness (QED) is 0.602. The molecular weight excluding hydrogens is 242 g/mol. The molecule has 1 heterocycles. The van der Waals surface area contributed by atoms with Crippen molar-refractivity contribution in [3.05, 3.63) is 23.4 Å². The molecule has 0 unspecified atom stereocenters. The lowest BCUT2D eigenvalue weighted by Gasteiger charge is -2.08. The number of rotatable bonds is 7. The Balaban J connectivity index is 2.29. The fourth-order valence-corrected chi connectivity index (χ4v) is 1.71. The second-order valence-corrected chi connectivity index (χ2v) is 4.28. The second-order valence-electron chi connectivity index (χ2n) is 4.28. The van der Waals surface area contributed by atoms with Crippen LogP contribution in [0.15, 0.2) is 12.3 Å². The molecule has 0 aliphatic carbocycles. The van der Waals surface area contributed by atoms with Crippen molar-refractivity contribution in [2.24, 2.45) is 0 Å². The van der Waals surface area contributed by atoms with E-state index < -0.39 is 0 Å². The Morgan fingerprint density at radius 1 is 1.47 bits per heavy atom. The standard InChI is InChI=1S/C14H19N3O2/c1-11-7-9-17-14(12(11)10-15)16-8-5-3-4-6-13(18)19-2/h7,9H,3-6,8H2,1-2H3,(H,16,17). The summed E-state index contributed by atoms with van der Waals surface area (Å²) in [6.45, 7) is 2.63. The molecule has 5 heteroatoms. The van der Waals surface area contributed by atoms with E-state index in [9.17, 15) is 4.79 Å². The van der Waals surface area contributed by atoms with Crippen LogP contribution in [0.1, 0.15) is 36.8 Å². The van der Waals surface area contributed by atoms with Gasteiger partial charge >= 0.3 is 5.97 Å². The van der Waals surface area contributed by atoms with E-state index in [0.29, 0.717) is 17.8 Å². The Bertz CT molecular complexity index is 466. The number of carbonyl (C=O) groups is 1. The van der Waals surface area contributed by atoms with Crippen molar-refractivity contribution in [1.29, 1.82) is 5.26 Å². The third kappa shape index (κ3) is 4.96. The molecule has 0 amide bonds. The molecule has 0 aliphatic rings. The first kappa shape index (κ1) is 15.0. The van der Waals surface area contributed by atoms with Gasteiger partial charge in [-0.05, 0) is 31.4 Å². The summed E-state index contributed by atoms with van der Waals surface area (Å²) < 4.78 is 4.57. The molecule has 0 aromatic carbocycles. The van der Waals surface area contributed by atoms with Gasteiger partial charge < -0.3 is 10.1 Å². The maximum absolute atomic E-state index is 10.9. The molecule has 1 rings (SSSR count). The van der Waals surface area contributed by atoms with E-state index >= 15 is 0 Å². The minimum absolute atomic E-state index is 0.167. The number of pyridine rings is 1. The molecule has 0 fully saturated rings. The normalized spacial score (nSPS) is 9.74. The van der Waals surface area contributed by atoms with Crippen LogP contribution in [0.5, 0.6) is 0 Å². The maximum atomic E-state index is 10.9. The van der Waals surface area contributed by atoms with E-state index in [2.05, 4.69) is 21.1 Å². The van der Waals surface area contributed by atoms with Crippen molar-refractivity contribution in [2.45, 2.75) is 32.6 Å². The highest BCUT2D eigenvalue weighted by Gasteiger charge is 2.05. The molecule has 0 bridgehead atoms. The van der Waals surface area contributed by atoms with Crippen molar-refractivity contribution in [1.82, 2.24) is 4.98 Å². The van der Waals surface area contributed by atoms with Crippen molar-refractivity contribution >= 4 is 11.8 Å². The average molecular weight is 261 g/mol. The lowest BCUT2D eigenvalue weighted by molar-refractivity contribution is -0.140. The molecule has 102 valence electrons. The highest BCUT2D eigenvalue weighted by atomic mass is 16.5. The summed E-state index contributed by atoms with van der Waals surface area (Å²) in [4.78, 5) is 15.1. The number of nitrogens with one attached hydrogen (secondary N) is 1. The summed E-state index contributed by atoms with van der Waals surface area (Å²) in [5, 5.41) is 12.2. The molecule has 0 saturated carbocycles. The zero-order chi connectivity index (χ0) is 14.1. The second kappa shape index (κ2) is 8.09. The Morgan fingerprint density at radius 3 is 2.95 bits per heavy atom. The maximum Gasteiger partial charge on any atom is 0.305 e. The van der Waals surface area contributed by atoms with Gasteiger partial charge in [0, 0.05) is 19.2 Å². The first-order chi connectivity index (χ1) is 9.19. The van der Waals surface area contributed by atoms with E-state index in [4.69, 9.17) is 5.26 Å². The van der Waals surface area contributed by atoms with Gasteiger partial charge in [-0.2, -0.15) is 5.26 Å². The molecular formula is C14H19N3O2. The number of aromatic nitrogens is 1. The predicted octanol–water partition coefficient (Wildman–Crippen LogP) is 2.41. The number of esters is 1. The topological polar surface area (TPSA) is 75.0 Å². The first-order valence-corrected chi connectivity index (χ1v) is 6.35. The van der Waals surface area contributed by atoms with Crippen molar-refractivity contribution in [3.8, 4) is 6.07 Å². The van der Waals surface area contributed by atoms with Crippen LogP contribution in [-0.4, -0.2) is 24.6 Å². The van der Waals surface area contributed by atoms with E-state index in [0.717, 1.165) is 31.4 Å². The minimum Gasteiger partial charge on any atom is -0.469 e. The van der Waals surface area contributed by atoms with Crippen LogP contribution in [0.2, 0.25) is 0 Å². The van der Waals surface area contributed by atoms with Gasteiger partial charge in [0.1, 0.15) is 11.9 Å². The Labute approximate surface area is 113 Å². The van der Waals surface area contributed by atoms with E-state index in [1.807, 2.05) is 13.0 Å². The lowest BCUT2D eigenvalue weighted by Crippen LogP contribution is -2.06. The fraction of sp³-hybridized carbons (Fsp3) is 0.500. The summed E-state index contributed by atoms with van der Waals surface area (Å²) in [7, 11) is 1.40. The predicted molar refractivity (Wildman–Crippen MR) is 72.7 cm³/mol. The number of hydrogen-bond donors (Lipinski definition) is 1. The number of nitriles is 1. The minimum atomic E-state index is -0.167. The van der Waals surface area contributed by atoms with Gasteiger partial charge in [0.15, 0.2) is 0 Å². The van der Waals surface area contributed by atoms with Gasteiger partial charge in [0.2, 0.25) is 0 Å². The third-order valence-corrected chi connectivity index (χ3v) is 2.85. The third-order valence-electron chi connectivity index (χ3n) is 2.85. The van der Waals surface area contributed by atoms with Crippen LogP contribution < -0.4 is 5.32 Å². The SMILES string of the molecule is COC(=O)CCCCCNc1nccc(C)c1C#N. The summed E-state index contributed by atoms with van der Waals surface area (Å²) in [5.74, 6) is 0.468. The first-order valence-electron chi connectivity index (χ1n) is 6.35. The van der Waals surface area contributed by atoms with Crippen LogP contribution >= 0.6 is 0 Å². The largest absolute Gasteiger partial charge is 0.469 e. The Morgan fingerprint density at radius 2 is 2.26 bits per heavy atom. The van der Waals surface area contributed by atoms with Crippen molar-refractivity contribution in [2.75, 3.05) is 19.0 Å². The average Bonchev–Trinajstić information content (AvgIpc) is 2.42. The van der Waals surface area contributed by atoms with Gasteiger partial charge in [0.25, 0.3) is 0 Å². The Hall–Kier alpha value is -2.09. The summed E-state index contributed by atoms with van der Waals surface area (Å²) in [6, 6.07) is 3.97. The number of aryl methyl sites for hydroxylation is 1. The molecule has 5 nitrogen and oxygen atoms in total. The monoisotopic (exact) mass is 261 g/mol. The number of nitrogens with zero attached hydrogens (tertiary/aromatic N) is 2. The Kier molecular flexibility index (Phi) is 6.37. The number of hydrogen-bond acceptors (Lipinski definition) is 5. The lowest BCUT2D eigenvalue weighted by atomic mass is 10.1. The highest BCUT2D eigenvalue weighted by Crippen LogP contribution is 2.15. The van der Waals surface area contributed by atoms with Crippen LogP contribution in [0.25, 0.3) is 0 Å². The van der Waals surface area contributed by atoms with Crippen LogP contribution in [0, 0.1) is 18.3 Å². The summed E-state index contributed by atoms with van der Waals surface area (Å²) >= 11 is 0. The molecule has 0 saturated heterocycles. The van der Waals surface area contributed by atoms with E-state index in [-0.39, 0.29) is 5.97 Å². The van der Waals surface area contributed by atoms with Crippen LogP contribution in [0.3, 0.4) is 0 Å². The fourth-order valence-electron chi connectivity index (χ4n) is 1.71.